The van der Waals surface area contributed by atoms with Crippen molar-refractivity contribution in [3.05, 3.63) is 36.0 Å². The third kappa shape index (κ3) is 5.95. The van der Waals surface area contributed by atoms with Crippen molar-refractivity contribution < 1.29 is 19.1 Å². The molecule has 0 saturated heterocycles. The molecule has 1 aromatic carbocycles. The summed E-state index contributed by atoms with van der Waals surface area (Å²) in [6, 6.07) is 7.85. The van der Waals surface area contributed by atoms with E-state index < -0.39 is 11.9 Å². The van der Waals surface area contributed by atoms with E-state index in [1.807, 2.05) is 37.4 Å². The number of esters is 1. The summed E-state index contributed by atoms with van der Waals surface area (Å²) in [5, 5.41) is 6.12. The van der Waals surface area contributed by atoms with Crippen LogP contribution in [0.15, 0.2) is 30.5 Å². The normalized spacial score (nSPS) is 10.4. The minimum atomic E-state index is -0.493. The van der Waals surface area contributed by atoms with Crippen molar-refractivity contribution in [1.29, 1.82) is 0 Å². The van der Waals surface area contributed by atoms with Crippen molar-refractivity contribution in [2.45, 2.75) is 26.2 Å². The Balaban J connectivity index is 1.67. The molecule has 2 rings (SSSR count). The lowest BCUT2D eigenvalue weighted by Crippen LogP contribution is -2.38. The average molecular weight is 345 g/mol. The maximum absolute atomic E-state index is 11.8. The summed E-state index contributed by atoms with van der Waals surface area (Å²) in [7, 11) is 0. The lowest BCUT2D eigenvalue weighted by Gasteiger charge is -2.07. The van der Waals surface area contributed by atoms with Crippen molar-refractivity contribution in [2.75, 3.05) is 19.7 Å². The maximum atomic E-state index is 11.8. The molecule has 0 atom stereocenters. The predicted molar refractivity (Wildman–Crippen MR) is 93.9 cm³/mol. The number of rotatable bonds is 9. The molecule has 134 valence electrons. The Labute approximate surface area is 146 Å². The molecule has 1 aromatic heterocycles. The first-order valence-corrected chi connectivity index (χ1v) is 8.34. The molecule has 0 aliphatic carbocycles. The Hall–Kier alpha value is -2.83. The van der Waals surface area contributed by atoms with E-state index in [-0.39, 0.29) is 25.5 Å². The van der Waals surface area contributed by atoms with Gasteiger partial charge < -0.3 is 20.4 Å². The number of aryl methyl sites for hydroxylation is 1. The second kappa shape index (κ2) is 9.46. The topological polar surface area (TPSA) is 100 Å². The Bertz CT molecular complexity index is 739. The fourth-order valence-corrected chi connectivity index (χ4v) is 2.35. The third-order valence-corrected chi connectivity index (χ3v) is 3.66. The molecule has 0 aliphatic rings. The van der Waals surface area contributed by atoms with Crippen LogP contribution in [-0.2, 0) is 25.5 Å². The van der Waals surface area contributed by atoms with E-state index in [1.54, 1.807) is 0 Å². The SMILES string of the molecule is CCCNC(=O)CNC(=O)COC(=O)CCc1c[nH]c2ccccc12. The summed E-state index contributed by atoms with van der Waals surface area (Å²) in [6.45, 7) is 2.01. The van der Waals surface area contributed by atoms with Gasteiger partial charge in [-0.25, -0.2) is 0 Å². The number of carbonyl (C=O) groups is 3. The number of carbonyl (C=O) groups excluding carboxylic acids is 3. The smallest absolute Gasteiger partial charge is 0.306 e. The monoisotopic (exact) mass is 345 g/mol. The molecular weight excluding hydrogens is 322 g/mol. The minimum absolute atomic E-state index is 0.119. The number of nitrogens with one attached hydrogen (secondary N) is 3. The van der Waals surface area contributed by atoms with E-state index in [4.69, 9.17) is 4.74 Å². The zero-order valence-corrected chi connectivity index (χ0v) is 14.3. The van der Waals surface area contributed by atoms with Gasteiger partial charge in [-0.2, -0.15) is 0 Å². The number of benzene rings is 1. The van der Waals surface area contributed by atoms with Crippen molar-refractivity contribution in [3.63, 3.8) is 0 Å². The van der Waals surface area contributed by atoms with Crippen molar-refractivity contribution >= 4 is 28.7 Å². The molecule has 3 N–H and O–H groups in total. The second-order valence-electron chi connectivity index (χ2n) is 5.65. The number of hydrogen-bond donors (Lipinski definition) is 3. The van der Waals surface area contributed by atoms with Crippen LogP contribution in [0.3, 0.4) is 0 Å². The molecule has 0 fully saturated rings. The first-order valence-electron chi connectivity index (χ1n) is 8.34. The van der Waals surface area contributed by atoms with Crippen LogP contribution < -0.4 is 10.6 Å². The lowest BCUT2D eigenvalue weighted by molar-refractivity contribution is -0.148. The van der Waals surface area contributed by atoms with Gasteiger partial charge in [-0.15, -0.1) is 0 Å². The fourth-order valence-electron chi connectivity index (χ4n) is 2.35. The molecule has 0 saturated carbocycles. The molecule has 0 bridgehead atoms. The zero-order valence-electron chi connectivity index (χ0n) is 14.3. The van der Waals surface area contributed by atoms with E-state index in [9.17, 15) is 14.4 Å². The molecule has 0 aliphatic heterocycles. The van der Waals surface area contributed by atoms with Gasteiger partial charge in [-0.05, 0) is 24.5 Å². The predicted octanol–water partition coefficient (Wildman–Crippen LogP) is 1.29. The van der Waals surface area contributed by atoms with E-state index in [1.165, 1.54) is 0 Å². The summed E-state index contributed by atoms with van der Waals surface area (Å²) in [5.74, 6) is -1.20. The van der Waals surface area contributed by atoms with Crippen molar-refractivity contribution in [3.8, 4) is 0 Å². The number of aromatic nitrogens is 1. The van der Waals surface area contributed by atoms with Crippen LogP contribution in [0.5, 0.6) is 0 Å². The summed E-state index contributed by atoms with van der Waals surface area (Å²) >= 11 is 0. The first kappa shape index (κ1) is 18.5. The Morgan fingerprint density at radius 1 is 1.12 bits per heavy atom. The molecule has 7 nitrogen and oxygen atoms in total. The standard InChI is InChI=1S/C18H23N3O4/c1-2-9-19-16(22)11-21-17(23)12-25-18(24)8-7-13-10-20-15-6-4-3-5-14(13)15/h3-6,10,20H,2,7-9,11-12H2,1H3,(H,19,22)(H,21,23). The first-order chi connectivity index (χ1) is 12.1. The van der Waals surface area contributed by atoms with Gasteiger partial charge >= 0.3 is 5.97 Å². The van der Waals surface area contributed by atoms with Gasteiger partial charge in [0.15, 0.2) is 6.61 Å². The van der Waals surface area contributed by atoms with Gasteiger partial charge in [0.05, 0.1) is 6.54 Å². The molecule has 2 amide bonds. The number of H-pyrrole nitrogens is 1. The number of para-hydroxylation sites is 1. The van der Waals surface area contributed by atoms with Crippen LogP contribution in [0.25, 0.3) is 10.9 Å². The molecule has 2 aromatic rings. The molecule has 0 spiro atoms. The molecule has 0 radical (unpaired) electrons. The number of ether oxygens (including phenoxy) is 1. The highest BCUT2D eigenvalue weighted by molar-refractivity contribution is 5.86. The molecule has 1 heterocycles. The van der Waals surface area contributed by atoms with Gasteiger partial charge in [-0.3, -0.25) is 14.4 Å². The molecule has 25 heavy (non-hydrogen) atoms. The number of hydrogen-bond acceptors (Lipinski definition) is 4. The Morgan fingerprint density at radius 2 is 1.92 bits per heavy atom. The lowest BCUT2D eigenvalue weighted by atomic mass is 10.1. The average Bonchev–Trinajstić information content (AvgIpc) is 3.04. The molecule has 7 heteroatoms. The van der Waals surface area contributed by atoms with Gasteiger partial charge in [0.25, 0.3) is 5.91 Å². The largest absolute Gasteiger partial charge is 0.456 e. The maximum Gasteiger partial charge on any atom is 0.306 e. The highest BCUT2D eigenvalue weighted by Gasteiger charge is 2.10. The molecule has 0 unspecified atom stereocenters. The van der Waals surface area contributed by atoms with E-state index >= 15 is 0 Å². The number of amides is 2. The third-order valence-electron chi connectivity index (χ3n) is 3.66. The van der Waals surface area contributed by atoms with Crippen LogP contribution in [0.2, 0.25) is 0 Å². The highest BCUT2D eigenvalue weighted by Crippen LogP contribution is 2.18. The van der Waals surface area contributed by atoms with Crippen LogP contribution in [0.1, 0.15) is 25.3 Å². The summed E-state index contributed by atoms with van der Waals surface area (Å²) in [5.41, 5.74) is 2.05. The number of aromatic amines is 1. The van der Waals surface area contributed by atoms with E-state index in [0.29, 0.717) is 13.0 Å². The van der Waals surface area contributed by atoms with Gasteiger partial charge in [0.1, 0.15) is 0 Å². The van der Waals surface area contributed by atoms with Gasteiger partial charge in [0.2, 0.25) is 5.91 Å². The van der Waals surface area contributed by atoms with Gasteiger partial charge in [-0.1, -0.05) is 25.1 Å². The van der Waals surface area contributed by atoms with Crippen LogP contribution in [0, 0.1) is 0 Å². The van der Waals surface area contributed by atoms with Crippen LogP contribution in [0.4, 0.5) is 0 Å². The fraction of sp³-hybridized carbons (Fsp3) is 0.389. The quantitative estimate of drug-likeness (QED) is 0.596. The van der Waals surface area contributed by atoms with Crippen molar-refractivity contribution in [1.82, 2.24) is 15.6 Å². The number of fused-ring (bicyclic) bond motifs is 1. The van der Waals surface area contributed by atoms with Crippen molar-refractivity contribution in [2.24, 2.45) is 0 Å². The Kier molecular flexibility index (Phi) is 7.00. The summed E-state index contributed by atoms with van der Waals surface area (Å²) in [4.78, 5) is 37.8. The zero-order chi connectivity index (χ0) is 18.1. The minimum Gasteiger partial charge on any atom is -0.456 e. The van der Waals surface area contributed by atoms with Gasteiger partial charge in [0, 0.05) is 30.1 Å². The summed E-state index contributed by atoms with van der Waals surface area (Å²) in [6.07, 6.45) is 3.42. The molecular formula is C18H23N3O4. The van der Waals surface area contributed by atoms with E-state index in [2.05, 4.69) is 15.6 Å². The van der Waals surface area contributed by atoms with Crippen LogP contribution in [-0.4, -0.2) is 42.5 Å². The van der Waals surface area contributed by atoms with Crippen LogP contribution >= 0.6 is 0 Å². The highest BCUT2D eigenvalue weighted by atomic mass is 16.5. The second-order valence-corrected chi connectivity index (χ2v) is 5.65. The Morgan fingerprint density at radius 3 is 2.72 bits per heavy atom. The summed E-state index contributed by atoms with van der Waals surface area (Å²) < 4.78 is 4.93. The van der Waals surface area contributed by atoms with E-state index in [0.717, 1.165) is 22.9 Å².